The van der Waals surface area contributed by atoms with E-state index >= 15 is 0 Å². The lowest BCUT2D eigenvalue weighted by Crippen LogP contribution is -2.45. The highest BCUT2D eigenvalue weighted by atomic mass is 16.5. The zero-order chi connectivity index (χ0) is 13.2. The molecule has 1 atom stereocenters. The molecular weight excluding hydrogens is 244 g/mol. The minimum absolute atomic E-state index is 0.188. The molecule has 0 bridgehead atoms. The highest BCUT2D eigenvalue weighted by Crippen LogP contribution is 2.33. The molecule has 19 heavy (non-hydrogen) atoms. The maximum absolute atomic E-state index is 11.3. The van der Waals surface area contributed by atoms with Crippen LogP contribution in [0.3, 0.4) is 0 Å². The van der Waals surface area contributed by atoms with Crippen LogP contribution in [0.15, 0.2) is 36.2 Å². The van der Waals surface area contributed by atoms with E-state index in [-0.39, 0.29) is 6.04 Å². The van der Waals surface area contributed by atoms with Gasteiger partial charge in [-0.1, -0.05) is 12.1 Å². The number of carboxylic acid groups (broad SMARTS) is 1. The molecular formula is C14H16N2O3. The first kappa shape index (κ1) is 11.9. The Morgan fingerprint density at radius 3 is 3.05 bits per heavy atom. The van der Waals surface area contributed by atoms with Crippen LogP contribution in [0.4, 0.5) is 10.5 Å². The Hall–Kier alpha value is -2.17. The number of hydrogen-bond acceptors (Lipinski definition) is 3. The largest absolute Gasteiger partial charge is 0.465 e. The minimum atomic E-state index is -0.881. The lowest BCUT2D eigenvalue weighted by atomic mass is 10.0. The van der Waals surface area contributed by atoms with E-state index < -0.39 is 6.09 Å². The van der Waals surface area contributed by atoms with E-state index in [1.807, 2.05) is 24.3 Å². The summed E-state index contributed by atoms with van der Waals surface area (Å²) in [6, 6.07) is 7.45. The summed E-state index contributed by atoms with van der Waals surface area (Å²) in [5, 5.41) is 12.4. The molecule has 2 aliphatic heterocycles. The van der Waals surface area contributed by atoms with Crippen molar-refractivity contribution in [1.82, 2.24) is 4.90 Å². The molecule has 3 rings (SSSR count). The molecule has 2 heterocycles. The number of nitrogens with one attached hydrogen (secondary N) is 1. The summed E-state index contributed by atoms with van der Waals surface area (Å²) in [5.41, 5.74) is 0.906. The summed E-state index contributed by atoms with van der Waals surface area (Å²) >= 11 is 0. The Kier molecular flexibility index (Phi) is 3.03. The van der Waals surface area contributed by atoms with Gasteiger partial charge in [0.25, 0.3) is 0 Å². The molecule has 5 heteroatoms. The van der Waals surface area contributed by atoms with Gasteiger partial charge in [-0.3, -0.25) is 4.90 Å². The average molecular weight is 260 g/mol. The van der Waals surface area contributed by atoms with Crippen molar-refractivity contribution < 1.29 is 14.6 Å². The number of hydrogen-bond donors (Lipinski definition) is 2. The summed E-state index contributed by atoms with van der Waals surface area (Å²) in [6.45, 7) is 0.572. The van der Waals surface area contributed by atoms with Gasteiger partial charge in [-0.2, -0.15) is 0 Å². The van der Waals surface area contributed by atoms with E-state index in [1.165, 1.54) is 4.90 Å². The number of benzene rings is 1. The molecule has 1 saturated heterocycles. The van der Waals surface area contributed by atoms with E-state index in [4.69, 9.17) is 4.74 Å². The van der Waals surface area contributed by atoms with Crippen molar-refractivity contribution in [2.75, 3.05) is 11.9 Å². The van der Waals surface area contributed by atoms with Gasteiger partial charge in [0.1, 0.15) is 5.76 Å². The Labute approximate surface area is 111 Å². The van der Waals surface area contributed by atoms with Crippen LogP contribution in [-0.2, 0) is 0 Å². The fourth-order valence-electron chi connectivity index (χ4n) is 2.60. The van der Waals surface area contributed by atoms with Crippen LogP contribution in [0, 0.1) is 0 Å². The summed E-state index contributed by atoms with van der Waals surface area (Å²) in [4.78, 5) is 12.7. The normalized spacial score (nSPS) is 21.8. The number of nitrogens with zero attached hydrogens (tertiary/aromatic N) is 1. The van der Waals surface area contributed by atoms with E-state index in [2.05, 4.69) is 5.32 Å². The first-order valence-corrected chi connectivity index (χ1v) is 6.49. The van der Waals surface area contributed by atoms with Crippen LogP contribution in [0.25, 0.3) is 0 Å². The molecule has 1 aromatic rings. The number of anilines is 1. The Morgan fingerprint density at radius 1 is 1.37 bits per heavy atom. The predicted octanol–water partition coefficient (Wildman–Crippen LogP) is 2.86. The first-order valence-electron chi connectivity index (χ1n) is 6.49. The zero-order valence-electron chi connectivity index (χ0n) is 10.5. The van der Waals surface area contributed by atoms with Crippen molar-refractivity contribution in [2.24, 2.45) is 0 Å². The van der Waals surface area contributed by atoms with Gasteiger partial charge in [-0.25, -0.2) is 4.79 Å². The van der Waals surface area contributed by atoms with E-state index in [1.54, 1.807) is 6.20 Å². The Bertz CT molecular complexity index is 527. The van der Waals surface area contributed by atoms with Crippen LogP contribution < -0.4 is 10.1 Å². The molecule has 0 saturated carbocycles. The molecule has 1 unspecified atom stereocenters. The number of rotatable bonds is 1. The average Bonchev–Trinajstić information content (AvgIpc) is 2.46. The molecule has 5 nitrogen and oxygen atoms in total. The lowest BCUT2D eigenvalue weighted by molar-refractivity contribution is 0.104. The monoisotopic (exact) mass is 260 g/mol. The number of piperidine rings is 1. The molecule has 100 valence electrons. The second-order valence-electron chi connectivity index (χ2n) is 4.78. The molecule has 1 aromatic carbocycles. The number of ether oxygens (including phenoxy) is 1. The third-order valence-electron chi connectivity index (χ3n) is 3.56. The van der Waals surface area contributed by atoms with Gasteiger partial charge in [-0.15, -0.1) is 0 Å². The fourth-order valence-corrected chi connectivity index (χ4v) is 2.60. The quantitative estimate of drug-likeness (QED) is 0.815. The second kappa shape index (κ2) is 4.84. The highest BCUT2D eigenvalue weighted by molar-refractivity contribution is 5.67. The molecule has 0 radical (unpaired) electrons. The SMILES string of the molecule is O=C(O)N1CCCCC1C1=CNc2ccccc2O1. The number of fused-ring (bicyclic) bond motifs is 1. The van der Waals surface area contributed by atoms with Crippen molar-refractivity contribution in [2.45, 2.75) is 25.3 Å². The van der Waals surface area contributed by atoms with Gasteiger partial charge in [0, 0.05) is 12.7 Å². The number of likely N-dealkylation sites (tertiary alicyclic amines) is 1. The van der Waals surface area contributed by atoms with Crippen molar-refractivity contribution in [1.29, 1.82) is 0 Å². The van der Waals surface area contributed by atoms with Crippen LogP contribution in [0.1, 0.15) is 19.3 Å². The van der Waals surface area contributed by atoms with Gasteiger partial charge in [0.05, 0.1) is 11.7 Å². The molecule has 0 spiro atoms. The van der Waals surface area contributed by atoms with Gasteiger partial charge in [0.2, 0.25) is 0 Å². The summed E-state index contributed by atoms with van der Waals surface area (Å²) in [5.74, 6) is 1.43. The molecule has 0 aromatic heterocycles. The van der Waals surface area contributed by atoms with Gasteiger partial charge < -0.3 is 15.2 Å². The van der Waals surface area contributed by atoms with Crippen molar-refractivity contribution >= 4 is 11.8 Å². The highest BCUT2D eigenvalue weighted by Gasteiger charge is 2.32. The maximum Gasteiger partial charge on any atom is 0.407 e. The number of amides is 1. The standard InChI is InChI=1S/C14H16N2O3/c17-14(18)16-8-4-3-6-11(16)13-9-15-10-5-1-2-7-12(10)19-13/h1-2,5,7,9,11,15H,3-4,6,8H2,(H,17,18). The lowest BCUT2D eigenvalue weighted by Gasteiger charge is -2.35. The number of para-hydroxylation sites is 2. The third-order valence-corrected chi connectivity index (χ3v) is 3.56. The summed E-state index contributed by atoms with van der Waals surface area (Å²) in [7, 11) is 0. The van der Waals surface area contributed by atoms with Gasteiger partial charge >= 0.3 is 6.09 Å². The van der Waals surface area contributed by atoms with Gasteiger partial charge in [-0.05, 0) is 31.4 Å². The predicted molar refractivity (Wildman–Crippen MR) is 71.1 cm³/mol. The van der Waals surface area contributed by atoms with Crippen molar-refractivity contribution in [3.63, 3.8) is 0 Å². The van der Waals surface area contributed by atoms with Crippen LogP contribution in [0.2, 0.25) is 0 Å². The number of carbonyl (C=O) groups is 1. The molecule has 2 N–H and O–H groups in total. The molecule has 1 amide bonds. The Balaban J connectivity index is 1.83. The second-order valence-corrected chi connectivity index (χ2v) is 4.78. The van der Waals surface area contributed by atoms with Crippen molar-refractivity contribution in [3.05, 3.63) is 36.2 Å². The van der Waals surface area contributed by atoms with E-state index in [0.717, 1.165) is 30.7 Å². The first-order chi connectivity index (χ1) is 9.25. The van der Waals surface area contributed by atoms with E-state index in [0.29, 0.717) is 12.3 Å². The zero-order valence-corrected chi connectivity index (χ0v) is 10.5. The van der Waals surface area contributed by atoms with Gasteiger partial charge in [0.15, 0.2) is 5.75 Å². The summed E-state index contributed by atoms with van der Waals surface area (Å²) in [6.07, 6.45) is 3.64. The smallest absolute Gasteiger partial charge is 0.407 e. The molecule has 2 aliphatic rings. The third kappa shape index (κ3) is 2.23. The van der Waals surface area contributed by atoms with E-state index in [9.17, 15) is 9.90 Å². The maximum atomic E-state index is 11.3. The minimum Gasteiger partial charge on any atom is -0.465 e. The van der Waals surface area contributed by atoms with Crippen LogP contribution >= 0.6 is 0 Å². The molecule has 0 aliphatic carbocycles. The fraction of sp³-hybridized carbons (Fsp3) is 0.357. The van der Waals surface area contributed by atoms with Crippen LogP contribution in [0.5, 0.6) is 5.75 Å². The van der Waals surface area contributed by atoms with Crippen molar-refractivity contribution in [3.8, 4) is 5.75 Å². The van der Waals surface area contributed by atoms with Crippen LogP contribution in [-0.4, -0.2) is 28.7 Å². The summed E-state index contributed by atoms with van der Waals surface area (Å²) < 4.78 is 5.85. The Morgan fingerprint density at radius 2 is 2.21 bits per heavy atom. The topological polar surface area (TPSA) is 61.8 Å². The molecule has 1 fully saturated rings.